The molecule has 1 aliphatic heterocycles. The number of hydrogen-bond acceptors (Lipinski definition) is 4. The van der Waals surface area contributed by atoms with Gasteiger partial charge in [-0.05, 0) is 24.6 Å². The first kappa shape index (κ1) is 14.5. The lowest BCUT2D eigenvalue weighted by Gasteiger charge is -2.19. The minimum absolute atomic E-state index is 0.574. The fourth-order valence-corrected chi connectivity index (χ4v) is 5.61. The van der Waals surface area contributed by atoms with E-state index in [2.05, 4.69) is 49.2 Å². The van der Waals surface area contributed by atoms with Gasteiger partial charge in [0.15, 0.2) is 10.6 Å². The van der Waals surface area contributed by atoms with Crippen LogP contribution in [-0.2, 0) is 13.5 Å². The monoisotopic (exact) mass is 356 g/mol. The summed E-state index contributed by atoms with van der Waals surface area (Å²) in [5.74, 6) is 3.50. The van der Waals surface area contributed by atoms with E-state index in [0.29, 0.717) is 5.92 Å². The Labute approximate surface area is 148 Å². The third-order valence-electron chi connectivity index (χ3n) is 4.74. The van der Waals surface area contributed by atoms with Crippen molar-refractivity contribution in [1.82, 2.24) is 0 Å². The van der Waals surface area contributed by atoms with Crippen LogP contribution in [0.3, 0.4) is 0 Å². The van der Waals surface area contributed by atoms with Crippen LogP contribution in [0.4, 0.5) is 0 Å². The smallest absolute Gasteiger partial charge is 0.260 e. The van der Waals surface area contributed by atoms with E-state index < -0.39 is 0 Å². The SMILES string of the molecule is Cc1oc2scc3c2c1-c1c(c(CC(C)C)c2sccc2[n+]1C)O3. The number of fused-ring (bicyclic) bond motifs is 3. The van der Waals surface area contributed by atoms with Crippen molar-refractivity contribution < 1.29 is 13.7 Å². The van der Waals surface area contributed by atoms with Gasteiger partial charge in [-0.2, -0.15) is 4.57 Å². The van der Waals surface area contributed by atoms with Crippen LogP contribution in [0.15, 0.2) is 21.2 Å². The van der Waals surface area contributed by atoms with E-state index in [1.807, 2.05) is 0 Å². The van der Waals surface area contributed by atoms with Gasteiger partial charge in [-0.15, -0.1) is 22.7 Å². The van der Waals surface area contributed by atoms with Gasteiger partial charge in [-0.25, -0.2) is 0 Å². The van der Waals surface area contributed by atoms with Gasteiger partial charge in [-0.1, -0.05) is 13.8 Å². The molecule has 0 unspecified atom stereocenters. The second-order valence-electron chi connectivity index (χ2n) is 6.85. The van der Waals surface area contributed by atoms with Crippen LogP contribution in [0.25, 0.3) is 31.8 Å². The molecule has 0 atom stereocenters. The molecule has 4 aromatic heterocycles. The Morgan fingerprint density at radius 3 is 2.88 bits per heavy atom. The Hall–Kier alpha value is -1.85. The summed E-state index contributed by atoms with van der Waals surface area (Å²) in [6.07, 6.45) is 1.01. The van der Waals surface area contributed by atoms with Crippen molar-refractivity contribution in [2.24, 2.45) is 13.0 Å². The average molecular weight is 356 g/mol. The molecule has 0 spiro atoms. The van der Waals surface area contributed by atoms with Gasteiger partial charge in [0, 0.05) is 17.0 Å². The van der Waals surface area contributed by atoms with Gasteiger partial charge < -0.3 is 9.15 Å². The first-order valence-electron chi connectivity index (χ1n) is 8.17. The lowest BCUT2D eigenvalue weighted by molar-refractivity contribution is -0.633. The van der Waals surface area contributed by atoms with Crippen molar-refractivity contribution in [2.45, 2.75) is 27.2 Å². The molecule has 0 fully saturated rings. The highest BCUT2D eigenvalue weighted by Crippen LogP contribution is 2.53. The first-order valence-corrected chi connectivity index (χ1v) is 9.93. The fraction of sp³-hybridized carbons (Fsp3) is 0.316. The molecule has 0 aromatic carbocycles. The van der Waals surface area contributed by atoms with Crippen molar-refractivity contribution in [1.29, 1.82) is 0 Å². The van der Waals surface area contributed by atoms with E-state index in [1.165, 1.54) is 21.3 Å². The van der Waals surface area contributed by atoms with Gasteiger partial charge in [-0.3, -0.25) is 0 Å². The molecule has 5 heterocycles. The Balaban J connectivity index is 1.96. The minimum Gasteiger partial charge on any atom is -0.450 e. The van der Waals surface area contributed by atoms with E-state index in [0.717, 1.165) is 39.7 Å². The van der Waals surface area contributed by atoms with Crippen LogP contribution >= 0.6 is 22.7 Å². The average Bonchev–Trinajstić information content (AvgIpc) is 3.23. The molecular formula is C19H18NO2S2+. The predicted octanol–water partition coefficient (Wildman–Crippen LogP) is 5.81. The Kier molecular flexibility index (Phi) is 2.92. The molecule has 5 rings (SSSR count). The van der Waals surface area contributed by atoms with Crippen LogP contribution in [-0.4, -0.2) is 0 Å². The summed E-state index contributed by atoms with van der Waals surface area (Å²) in [5.41, 5.74) is 4.95. The lowest BCUT2D eigenvalue weighted by atomic mass is 9.96. The van der Waals surface area contributed by atoms with E-state index in [9.17, 15) is 0 Å². The van der Waals surface area contributed by atoms with Crippen LogP contribution in [0, 0.1) is 12.8 Å². The van der Waals surface area contributed by atoms with Crippen molar-refractivity contribution in [3.63, 3.8) is 0 Å². The second-order valence-corrected chi connectivity index (χ2v) is 8.60. The topological polar surface area (TPSA) is 26.2 Å². The molecular weight excluding hydrogens is 338 g/mol. The largest absolute Gasteiger partial charge is 0.450 e. The third-order valence-corrected chi connectivity index (χ3v) is 6.53. The molecule has 3 nitrogen and oxygen atoms in total. The van der Waals surface area contributed by atoms with Gasteiger partial charge in [0.25, 0.3) is 5.69 Å². The minimum atomic E-state index is 0.574. The molecule has 0 saturated carbocycles. The number of ether oxygens (including phenoxy) is 1. The highest BCUT2D eigenvalue weighted by Gasteiger charge is 2.37. The molecule has 24 heavy (non-hydrogen) atoms. The molecule has 1 aliphatic rings. The highest BCUT2D eigenvalue weighted by molar-refractivity contribution is 7.17. The molecule has 5 heteroatoms. The van der Waals surface area contributed by atoms with E-state index in [1.54, 1.807) is 22.7 Å². The van der Waals surface area contributed by atoms with Gasteiger partial charge in [0.05, 0.1) is 5.39 Å². The van der Waals surface area contributed by atoms with E-state index in [-0.39, 0.29) is 0 Å². The van der Waals surface area contributed by atoms with E-state index >= 15 is 0 Å². The first-order chi connectivity index (χ1) is 11.6. The molecule has 0 aliphatic carbocycles. The Bertz CT molecular complexity index is 1110. The number of rotatable bonds is 2. The maximum atomic E-state index is 6.43. The zero-order chi connectivity index (χ0) is 16.6. The summed E-state index contributed by atoms with van der Waals surface area (Å²) in [4.78, 5) is 0.957. The lowest BCUT2D eigenvalue weighted by Crippen LogP contribution is -2.33. The molecule has 0 amide bonds. The highest BCUT2D eigenvalue weighted by atomic mass is 32.1. The summed E-state index contributed by atoms with van der Waals surface area (Å²) < 4.78 is 16.0. The Morgan fingerprint density at radius 1 is 1.25 bits per heavy atom. The van der Waals surface area contributed by atoms with Gasteiger partial charge >= 0.3 is 0 Å². The number of aryl methyl sites for hydroxylation is 2. The summed E-state index contributed by atoms with van der Waals surface area (Å²) in [5, 5.41) is 5.37. The molecule has 0 N–H and O–H groups in total. The second kappa shape index (κ2) is 4.83. The zero-order valence-electron chi connectivity index (χ0n) is 14.1. The van der Waals surface area contributed by atoms with Crippen molar-refractivity contribution in [2.75, 3.05) is 0 Å². The van der Waals surface area contributed by atoms with Crippen LogP contribution in [0.2, 0.25) is 0 Å². The van der Waals surface area contributed by atoms with Crippen molar-refractivity contribution >= 4 is 43.2 Å². The fourth-order valence-electron chi connectivity index (χ4n) is 3.76. The van der Waals surface area contributed by atoms with Crippen LogP contribution < -0.4 is 9.30 Å². The van der Waals surface area contributed by atoms with Crippen LogP contribution in [0.5, 0.6) is 11.5 Å². The summed E-state index contributed by atoms with van der Waals surface area (Å²) in [7, 11) is 2.13. The number of furan rings is 1. The van der Waals surface area contributed by atoms with Crippen LogP contribution in [0.1, 0.15) is 25.2 Å². The summed E-state index contributed by atoms with van der Waals surface area (Å²) >= 11 is 3.42. The number of hydrogen-bond donors (Lipinski definition) is 0. The number of aromatic nitrogens is 1. The van der Waals surface area contributed by atoms with Gasteiger partial charge in [0.1, 0.15) is 23.1 Å². The summed E-state index contributed by atoms with van der Waals surface area (Å²) in [6.45, 7) is 6.58. The maximum absolute atomic E-state index is 6.43. The Morgan fingerprint density at radius 2 is 2.08 bits per heavy atom. The third kappa shape index (κ3) is 1.74. The molecule has 4 aromatic rings. The molecule has 0 bridgehead atoms. The quantitative estimate of drug-likeness (QED) is 0.373. The maximum Gasteiger partial charge on any atom is 0.260 e. The van der Waals surface area contributed by atoms with Crippen molar-refractivity contribution in [3.05, 3.63) is 28.2 Å². The predicted molar refractivity (Wildman–Crippen MR) is 99.4 cm³/mol. The number of nitrogens with zero attached hydrogens (tertiary/aromatic N) is 1. The molecule has 0 radical (unpaired) electrons. The van der Waals surface area contributed by atoms with E-state index in [4.69, 9.17) is 9.15 Å². The zero-order valence-corrected chi connectivity index (χ0v) is 15.7. The standard InChI is InChI=1S/C19H18NO2S2/c1-9(2)7-11-17-16(20(4)12-5-6-23-18(11)12)14-10(3)21-19-15(14)13(22-17)8-24-19/h5-6,8-9H,7H2,1-4H3/q+1. The molecule has 0 saturated heterocycles. The molecule has 122 valence electrons. The number of thiophene rings is 2. The van der Waals surface area contributed by atoms with Gasteiger partial charge in [0.2, 0.25) is 11.3 Å². The normalized spacial score (nSPS) is 13.0. The number of pyridine rings is 1. The van der Waals surface area contributed by atoms with Crippen molar-refractivity contribution in [3.8, 4) is 22.8 Å². The summed E-state index contributed by atoms with van der Waals surface area (Å²) in [6, 6.07) is 2.21.